The van der Waals surface area contributed by atoms with Crippen molar-refractivity contribution in [2.75, 3.05) is 54.6 Å². The average molecular weight is 1730 g/mol. The Hall–Kier alpha value is -15.1. The Morgan fingerprint density at radius 3 is 1.31 bits per heavy atom. The molecule has 1 aliphatic heterocycles. The molecule has 27 nitrogen and oxygen atoms in total. The zero-order valence-electron chi connectivity index (χ0n) is 65.8. The molecule has 3 amide bonds. The molecule has 31 heteroatoms. The summed E-state index contributed by atoms with van der Waals surface area (Å²) in [4.78, 5) is 100. The van der Waals surface area contributed by atoms with Gasteiger partial charge in [0.1, 0.15) is 12.1 Å². The van der Waals surface area contributed by atoms with Gasteiger partial charge in [0.05, 0.1) is 51.4 Å². The zero-order chi connectivity index (χ0) is 85.8. The van der Waals surface area contributed by atoms with Crippen molar-refractivity contribution in [3.63, 3.8) is 0 Å². The predicted octanol–water partition coefficient (Wildman–Crippen LogP) is 20.4. The monoisotopic (exact) mass is 1720 g/mol. The molecule has 1 saturated heterocycles. The Morgan fingerprint density at radius 1 is 0.435 bits per heavy atom. The maximum absolute atomic E-state index is 12.7. The zero-order valence-corrected chi connectivity index (χ0v) is 68.8. The van der Waals surface area contributed by atoms with Crippen LogP contribution in [0.5, 0.6) is 0 Å². The summed E-state index contributed by atoms with van der Waals surface area (Å²) in [6, 6.07) is 65.5. The molecule has 0 bridgehead atoms. The van der Waals surface area contributed by atoms with Crippen molar-refractivity contribution in [2.24, 2.45) is 0 Å². The highest BCUT2D eigenvalue weighted by atomic mass is 35.5. The number of hydrogen-bond donors (Lipinski definition) is 9. The second kappa shape index (κ2) is 39.8. The number of carbonyl (C=O) groups excluding carboxylic acids is 3. The van der Waals surface area contributed by atoms with Crippen molar-refractivity contribution in [2.45, 2.75) is 19.3 Å². The number of aromatic amines is 1. The molecule has 1 fully saturated rings. The highest BCUT2D eigenvalue weighted by Crippen LogP contribution is 2.37. The van der Waals surface area contributed by atoms with E-state index in [0.717, 1.165) is 148 Å². The van der Waals surface area contributed by atoms with Crippen molar-refractivity contribution < 1.29 is 33.4 Å². The number of piperidine rings is 1. The molecular formula is C93H73Cl4N19O8. The molecule has 0 aliphatic carbocycles. The minimum atomic E-state index is -1.00. The summed E-state index contributed by atoms with van der Waals surface area (Å²) in [5.74, 6) is -1.68. The van der Waals surface area contributed by atoms with E-state index in [-0.39, 0.29) is 11.5 Å². The molecule has 18 rings (SSSR count). The number of halogens is 4. The number of H-pyrrole nitrogens is 1. The minimum absolute atomic E-state index is 0.149. The summed E-state index contributed by atoms with van der Waals surface area (Å²) >= 11 is 24.4. The molecule has 124 heavy (non-hydrogen) atoms. The third-order valence-corrected chi connectivity index (χ3v) is 20.6. The van der Waals surface area contributed by atoms with Crippen LogP contribution in [0.3, 0.4) is 0 Å². The lowest BCUT2D eigenvalue weighted by Gasteiger charge is -2.26. The maximum Gasteiger partial charge on any atom is 0.434 e. The Balaban J connectivity index is 0.000000129. The average Bonchev–Trinajstić information content (AvgIpc) is 0.857. The predicted molar refractivity (Wildman–Crippen MR) is 485 cm³/mol. The first kappa shape index (κ1) is 83.9. The number of aromatic carboxylic acids is 1. The SMILES string of the molecule is COC(=O)c1cncc(-c2ccc3nccc(Nc4cccc(Cl)c4)c3c2)c1.O=C(NCCN1CCCCC1)NNC(=O)c1cncc(-c2ccc3ncnc(Nc4cccc(Cl)c4)c3c2)c1.O=C(O)c1cncc(-c2ccc3nccc(Nc4cccc(Cl)c4)c3c2)c1.O=c1[nH]nc(-c2cncc(-c3ccc4nccc(Nc5cccc(Cl)c5)c4c3)c2)o1. The van der Waals surface area contributed by atoms with E-state index in [1.54, 1.807) is 73.8 Å². The van der Waals surface area contributed by atoms with Gasteiger partial charge in [-0.05, 0) is 212 Å². The number of fused-ring (bicyclic) bond motifs is 4. The number of methoxy groups -OCH3 is 1. The molecule has 9 aromatic heterocycles. The Morgan fingerprint density at radius 2 is 0.855 bits per heavy atom. The Kier molecular flexibility index (Phi) is 27.0. The normalized spacial score (nSPS) is 11.7. The number of anilines is 8. The molecule has 1 aliphatic rings. The molecule has 0 radical (unpaired) electrons. The number of aromatic nitrogens is 11. The standard InChI is InChI=1S/C28H29ClN8O2.C22H14ClN5O2.C22H16ClN3O2.C21H14ClN3O2/c29-22-5-4-6-23(15-22)34-26-24-14-19(7-8-25(24)32-18-33-26)20-13-21(17-30-16-20)27(38)35-36-28(39)31-9-12-37-10-2-1-3-11-37;23-16-2-1-3-17(10-16)26-20-6-7-25-19-5-4-13(9-18(19)20)14-8-15(12-24-11-14)21-27-28-22(29)30-21;1-28-22(27)16-9-15(12-24-13-16)14-5-6-20-19(10-14)21(7-8-25-20)26-18-4-2-3-17(23)11-18;22-16-2-1-3-17(10-16)25-20-6-7-24-19-5-4-13(9-18(19)20)14-8-15(21(26)27)12-23-11-14/h4-8,13-18H,1-3,9-12H2,(H,35,38)(H2,31,36,39)(H,32,33,34);1-12H,(H,25,26)(H,28,29);2-13H,1H3,(H,25,26);1-12H,(H,24,25)(H,26,27). The third kappa shape index (κ3) is 21.7. The molecule has 0 saturated carbocycles. The van der Waals surface area contributed by atoms with Gasteiger partial charge in [0.15, 0.2) is 0 Å². The van der Waals surface area contributed by atoms with Gasteiger partial charge in [0.2, 0.25) is 0 Å². The van der Waals surface area contributed by atoms with Crippen LogP contribution < -0.4 is 43.2 Å². The number of ether oxygens (including phenoxy) is 1. The number of likely N-dealkylation sites (tertiary alicyclic amines) is 1. The second-order valence-corrected chi connectivity index (χ2v) is 29.8. The number of hydrazine groups is 1. The summed E-state index contributed by atoms with van der Waals surface area (Å²) in [6.45, 7) is 3.43. The van der Waals surface area contributed by atoms with Crippen LogP contribution in [-0.4, -0.2) is 122 Å². The summed E-state index contributed by atoms with van der Waals surface area (Å²) in [5.41, 5.74) is 22.5. The van der Waals surface area contributed by atoms with E-state index < -0.39 is 29.6 Å². The molecule has 10 heterocycles. The van der Waals surface area contributed by atoms with Crippen molar-refractivity contribution >= 4 is 160 Å². The van der Waals surface area contributed by atoms with E-state index in [0.29, 0.717) is 49.1 Å². The molecule has 9 N–H and O–H groups in total. The number of esters is 1. The van der Waals surface area contributed by atoms with Crippen LogP contribution in [0.1, 0.15) is 50.3 Å². The highest BCUT2D eigenvalue weighted by molar-refractivity contribution is 6.32. The van der Waals surface area contributed by atoms with Gasteiger partial charge in [-0.15, -0.1) is 5.10 Å². The third-order valence-electron chi connectivity index (χ3n) is 19.6. The van der Waals surface area contributed by atoms with Gasteiger partial charge < -0.3 is 45.7 Å². The summed E-state index contributed by atoms with van der Waals surface area (Å²) in [5, 5.41) is 37.7. The van der Waals surface area contributed by atoms with Gasteiger partial charge in [-0.2, -0.15) is 0 Å². The number of benzene rings is 8. The fourth-order valence-electron chi connectivity index (χ4n) is 13.6. The molecule has 616 valence electrons. The molecule has 0 unspecified atom stereocenters. The number of carboxylic acids is 1. The first-order chi connectivity index (χ1) is 60.4. The van der Waals surface area contributed by atoms with E-state index in [1.807, 2.05) is 188 Å². The lowest BCUT2D eigenvalue weighted by Crippen LogP contribution is -2.48. The maximum atomic E-state index is 12.7. The van der Waals surface area contributed by atoms with Crippen molar-refractivity contribution in [3.05, 3.63) is 334 Å². The summed E-state index contributed by atoms with van der Waals surface area (Å²) < 4.78 is 9.82. The van der Waals surface area contributed by atoms with Crippen LogP contribution in [0.15, 0.2) is 296 Å². The van der Waals surface area contributed by atoms with Gasteiger partial charge in [-0.1, -0.05) is 101 Å². The van der Waals surface area contributed by atoms with Crippen LogP contribution in [0, 0.1) is 0 Å². The minimum Gasteiger partial charge on any atom is -0.478 e. The number of carbonyl (C=O) groups is 4. The van der Waals surface area contributed by atoms with Crippen LogP contribution in [0.2, 0.25) is 20.1 Å². The van der Waals surface area contributed by atoms with Crippen LogP contribution in [0.4, 0.5) is 50.4 Å². The molecule has 0 atom stereocenters. The van der Waals surface area contributed by atoms with Gasteiger partial charge >= 0.3 is 23.7 Å². The molecular weight excluding hydrogens is 1650 g/mol. The fourth-order valence-corrected chi connectivity index (χ4v) is 14.3. The number of urea groups is 1. The van der Waals surface area contributed by atoms with Gasteiger partial charge in [-0.25, -0.2) is 39.7 Å². The first-order valence-corrected chi connectivity index (χ1v) is 40.2. The van der Waals surface area contributed by atoms with Gasteiger partial charge in [-0.3, -0.25) is 45.1 Å². The lowest BCUT2D eigenvalue weighted by molar-refractivity contribution is 0.0599. The highest BCUT2D eigenvalue weighted by Gasteiger charge is 2.18. The van der Waals surface area contributed by atoms with Crippen LogP contribution in [-0.2, 0) is 4.74 Å². The Labute approximate surface area is 728 Å². The van der Waals surface area contributed by atoms with Crippen LogP contribution >= 0.6 is 46.4 Å². The van der Waals surface area contributed by atoms with Crippen LogP contribution in [0.25, 0.3) is 99.6 Å². The smallest absolute Gasteiger partial charge is 0.434 e. The van der Waals surface area contributed by atoms with Crippen molar-refractivity contribution in [1.82, 2.24) is 76.1 Å². The molecule has 8 aromatic carbocycles. The fraction of sp³-hybridized carbons (Fsp3) is 0.0860. The van der Waals surface area contributed by atoms with E-state index in [4.69, 9.17) is 55.6 Å². The van der Waals surface area contributed by atoms with Gasteiger partial charge in [0.25, 0.3) is 11.8 Å². The van der Waals surface area contributed by atoms with E-state index in [1.165, 1.54) is 51.3 Å². The largest absolute Gasteiger partial charge is 0.478 e. The number of nitrogens with one attached hydrogen (secondary N) is 8. The topological polar surface area (TPSA) is 360 Å². The number of hydrogen-bond acceptors (Lipinski definition) is 22. The Bertz CT molecular complexity index is 6860. The van der Waals surface area contributed by atoms with Crippen molar-refractivity contribution in [3.8, 4) is 56.0 Å². The number of nitrogens with zero attached hydrogens (tertiary/aromatic N) is 11. The molecule has 17 aromatic rings. The summed E-state index contributed by atoms with van der Waals surface area (Å²) in [7, 11) is 1.35. The van der Waals surface area contributed by atoms with E-state index >= 15 is 0 Å². The van der Waals surface area contributed by atoms with Gasteiger partial charge in [0, 0.05) is 185 Å². The number of carboxylic acid groups (broad SMARTS) is 1. The van der Waals surface area contributed by atoms with E-state index in [2.05, 4.69) is 97.4 Å². The number of pyridine rings is 7. The lowest BCUT2D eigenvalue weighted by atomic mass is 10.0. The quantitative estimate of drug-likeness (QED) is 0.0268. The van der Waals surface area contributed by atoms with E-state index in [9.17, 15) is 29.1 Å². The van der Waals surface area contributed by atoms with Crippen molar-refractivity contribution in [1.29, 1.82) is 0 Å². The molecule has 0 spiro atoms. The summed E-state index contributed by atoms with van der Waals surface area (Å²) in [6.07, 6.45) is 23.1. The first-order valence-electron chi connectivity index (χ1n) is 38.7. The number of rotatable bonds is 19. The number of amides is 3. The second-order valence-electron chi connectivity index (χ2n) is 28.1.